The van der Waals surface area contributed by atoms with Gasteiger partial charge in [-0.1, -0.05) is 33.6 Å². The molecule has 4 fully saturated rings. The molecule has 0 radical (unpaired) electrons. The smallest absolute Gasteiger partial charge is 0.0131 e. The van der Waals surface area contributed by atoms with E-state index in [4.69, 9.17) is 0 Å². The molecule has 4 saturated carbocycles. The summed E-state index contributed by atoms with van der Waals surface area (Å²) in [7, 11) is 0. The summed E-state index contributed by atoms with van der Waals surface area (Å²) in [6.07, 6.45) is 16.4. The van der Waals surface area contributed by atoms with Crippen molar-refractivity contribution in [2.24, 2.45) is 22.2 Å². The molecule has 1 nitrogen and oxygen atoms in total. The number of rotatable bonds is 2. The lowest BCUT2D eigenvalue weighted by Crippen LogP contribution is -2.50. The maximum Gasteiger partial charge on any atom is 0.0131 e. The van der Waals surface area contributed by atoms with E-state index in [0.29, 0.717) is 10.8 Å². The Morgan fingerprint density at radius 3 is 2.00 bits per heavy atom. The van der Waals surface area contributed by atoms with E-state index in [-0.39, 0.29) is 0 Å². The van der Waals surface area contributed by atoms with Gasteiger partial charge in [-0.25, -0.2) is 0 Å². The van der Waals surface area contributed by atoms with Crippen LogP contribution in [0.4, 0.5) is 0 Å². The summed E-state index contributed by atoms with van der Waals surface area (Å²) in [6, 6.07) is 1.63. The normalized spacial score (nSPS) is 44.7. The molecule has 0 aliphatic heterocycles. The van der Waals surface area contributed by atoms with Gasteiger partial charge in [0.1, 0.15) is 0 Å². The third-order valence-electron chi connectivity index (χ3n) is 8.94. The molecular weight excluding hydrogens is 254 g/mol. The molecule has 0 heterocycles. The summed E-state index contributed by atoms with van der Waals surface area (Å²) in [6.45, 7) is 7.67. The van der Waals surface area contributed by atoms with Gasteiger partial charge < -0.3 is 5.32 Å². The van der Waals surface area contributed by atoms with E-state index >= 15 is 0 Å². The minimum Gasteiger partial charge on any atom is -0.311 e. The maximum absolute atomic E-state index is 4.15. The highest BCUT2D eigenvalue weighted by molar-refractivity contribution is 5.13. The van der Waals surface area contributed by atoms with E-state index in [1.807, 2.05) is 0 Å². The molecule has 21 heavy (non-hydrogen) atoms. The predicted octanol–water partition coefficient (Wildman–Crippen LogP) is 5.29. The van der Waals surface area contributed by atoms with Crippen LogP contribution in [-0.2, 0) is 0 Å². The Hall–Kier alpha value is -0.0400. The van der Waals surface area contributed by atoms with Crippen LogP contribution in [0.15, 0.2) is 0 Å². The van der Waals surface area contributed by atoms with Crippen molar-refractivity contribution in [3.8, 4) is 0 Å². The van der Waals surface area contributed by atoms with Crippen LogP contribution in [0.25, 0.3) is 0 Å². The van der Waals surface area contributed by atoms with E-state index in [1.54, 1.807) is 0 Å². The zero-order valence-corrected chi connectivity index (χ0v) is 14.5. The largest absolute Gasteiger partial charge is 0.311 e. The third kappa shape index (κ3) is 2.06. The van der Waals surface area contributed by atoms with Gasteiger partial charge in [0.15, 0.2) is 0 Å². The summed E-state index contributed by atoms with van der Waals surface area (Å²) in [5.41, 5.74) is 1.90. The Kier molecular flexibility index (Phi) is 3.27. The average molecular weight is 290 g/mol. The quantitative estimate of drug-likeness (QED) is 0.728. The fraction of sp³-hybridized carbons (Fsp3) is 1.00. The lowest BCUT2D eigenvalue weighted by Gasteiger charge is -2.44. The van der Waals surface area contributed by atoms with Gasteiger partial charge in [-0.3, -0.25) is 0 Å². The molecule has 0 aromatic carbocycles. The van der Waals surface area contributed by atoms with Gasteiger partial charge in [0.2, 0.25) is 0 Å². The second kappa shape index (κ2) is 4.73. The second-order valence-corrected chi connectivity index (χ2v) is 9.81. The maximum atomic E-state index is 4.15. The first kappa shape index (κ1) is 14.5. The molecule has 2 bridgehead atoms. The van der Waals surface area contributed by atoms with Crippen LogP contribution in [0, 0.1) is 22.2 Å². The third-order valence-corrected chi connectivity index (χ3v) is 8.94. The molecular formula is C20H35N. The highest BCUT2D eigenvalue weighted by Gasteiger charge is 2.61. The Balaban J connectivity index is 1.38. The van der Waals surface area contributed by atoms with Gasteiger partial charge >= 0.3 is 0 Å². The number of nitrogens with one attached hydrogen (secondary N) is 1. The first-order valence-corrected chi connectivity index (χ1v) is 9.71. The number of hydrogen-bond donors (Lipinski definition) is 1. The predicted molar refractivity (Wildman–Crippen MR) is 89.3 cm³/mol. The summed E-state index contributed by atoms with van der Waals surface area (Å²) < 4.78 is 0. The van der Waals surface area contributed by atoms with Crippen molar-refractivity contribution in [3.05, 3.63) is 0 Å². The molecule has 3 atom stereocenters. The Bertz CT molecular complexity index is 396. The van der Waals surface area contributed by atoms with Gasteiger partial charge in [-0.2, -0.15) is 0 Å². The van der Waals surface area contributed by atoms with Crippen LogP contribution in [0.5, 0.6) is 0 Å². The number of fused-ring (bicyclic) bond motifs is 2. The Morgan fingerprint density at radius 1 is 0.810 bits per heavy atom. The molecule has 1 N–H and O–H groups in total. The van der Waals surface area contributed by atoms with Crippen molar-refractivity contribution >= 4 is 0 Å². The van der Waals surface area contributed by atoms with E-state index < -0.39 is 0 Å². The molecule has 3 unspecified atom stereocenters. The Morgan fingerprint density at radius 2 is 1.48 bits per heavy atom. The van der Waals surface area contributed by atoms with Crippen LogP contribution in [0.3, 0.4) is 0 Å². The number of hydrogen-bond acceptors (Lipinski definition) is 1. The fourth-order valence-electron chi connectivity index (χ4n) is 6.76. The molecule has 1 spiro atoms. The SMILES string of the molecule is CC1(C)C2CCC1(C)C(NC1CCC3(CCCC3)CC1)C2. The molecule has 0 amide bonds. The topological polar surface area (TPSA) is 12.0 Å². The first-order chi connectivity index (χ1) is 9.95. The van der Waals surface area contributed by atoms with Crippen molar-refractivity contribution < 1.29 is 0 Å². The van der Waals surface area contributed by atoms with E-state index in [0.717, 1.165) is 23.4 Å². The minimum atomic E-state index is 0.556. The fourth-order valence-corrected chi connectivity index (χ4v) is 6.76. The molecule has 0 aromatic heterocycles. The lowest BCUT2D eigenvalue weighted by atomic mass is 9.68. The molecule has 1 heteroatoms. The summed E-state index contributed by atoms with van der Waals surface area (Å²) in [5.74, 6) is 0.977. The zero-order valence-electron chi connectivity index (χ0n) is 14.5. The van der Waals surface area contributed by atoms with Crippen molar-refractivity contribution in [2.75, 3.05) is 0 Å². The second-order valence-electron chi connectivity index (χ2n) is 9.81. The van der Waals surface area contributed by atoms with E-state index in [9.17, 15) is 0 Å². The van der Waals surface area contributed by atoms with Crippen molar-refractivity contribution in [3.63, 3.8) is 0 Å². The average Bonchev–Trinajstić information content (AvgIpc) is 3.05. The van der Waals surface area contributed by atoms with Gasteiger partial charge in [0.25, 0.3) is 0 Å². The first-order valence-electron chi connectivity index (χ1n) is 9.71. The van der Waals surface area contributed by atoms with E-state index in [1.165, 1.54) is 70.6 Å². The van der Waals surface area contributed by atoms with Gasteiger partial charge in [-0.05, 0) is 80.0 Å². The van der Waals surface area contributed by atoms with Crippen molar-refractivity contribution in [2.45, 2.75) is 103 Å². The highest BCUT2D eigenvalue weighted by Crippen LogP contribution is 2.65. The monoisotopic (exact) mass is 289 g/mol. The van der Waals surface area contributed by atoms with Gasteiger partial charge in [0, 0.05) is 12.1 Å². The molecule has 4 aliphatic rings. The van der Waals surface area contributed by atoms with Gasteiger partial charge in [-0.15, -0.1) is 0 Å². The van der Waals surface area contributed by atoms with Gasteiger partial charge in [0.05, 0.1) is 0 Å². The molecule has 0 saturated heterocycles. The Labute approximate surface area is 131 Å². The lowest BCUT2D eigenvalue weighted by molar-refractivity contribution is 0.0984. The van der Waals surface area contributed by atoms with Crippen molar-refractivity contribution in [1.29, 1.82) is 0 Å². The molecule has 4 rings (SSSR count). The van der Waals surface area contributed by atoms with Crippen LogP contribution in [0.2, 0.25) is 0 Å². The highest BCUT2D eigenvalue weighted by atomic mass is 15.0. The molecule has 120 valence electrons. The van der Waals surface area contributed by atoms with Crippen LogP contribution in [0.1, 0.15) is 91.4 Å². The summed E-state index contributed by atoms with van der Waals surface area (Å²) >= 11 is 0. The standard InChI is InChI=1S/C20H35N/c1-18(2)15-6-11-19(18,3)17(14-15)21-16-7-12-20(13-8-16)9-4-5-10-20/h15-17,21H,4-14H2,1-3H3. The molecule has 4 aliphatic carbocycles. The van der Waals surface area contributed by atoms with Crippen LogP contribution in [-0.4, -0.2) is 12.1 Å². The summed E-state index contributed by atoms with van der Waals surface area (Å²) in [4.78, 5) is 0. The summed E-state index contributed by atoms with van der Waals surface area (Å²) in [5, 5.41) is 4.15. The van der Waals surface area contributed by atoms with Crippen LogP contribution < -0.4 is 5.32 Å². The molecule has 0 aromatic rings. The zero-order chi connectivity index (χ0) is 14.7. The minimum absolute atomic E-state index is 0.556. The van der Waals surface area contributed by atoms with Crippen LogP contribution >= 0.6 is 0 Å². The van der Waals surface area contributed by atoms with Crippen molar-refractivity contribution in [1.82, 2.24) is 5.32 Å². The van der Waals surface area contributed by atoms with E-state index in [2.05, 4.69) is 26.1 Å².